The van der Waals surface area contributed by atoms with Crippen molar-refractivity contribution in [3.63, 3.8) is 0 Å². The lowest BCUT2D eigenvalue weighted by atomic mass is 10.2. The largest absolute Gasteiger partial charge is 0.445 e. The second kappa shape index (κ2) is 10.5. The van der Waals surface area contributed by atoms with E-state index in [1.165, 1.54) is 6.92 Å². The molecule has 0 aliphatic rings. The van der Waals surface area contributed by atoms with Crippen LogP contribution >= 0.6 is 11.8 Å². The zero-order chi connectivity index (χ0) is 17.9. The molecule has 0 radical (unpaired) electrons. The molecule has 2 atom stereocenters. The van der Waals surface area contributed by atoms with Crippen LogP contribution in [-0.4, -0.2) is 42.0 Å². The van der Waals surface area contributed by atoms with Crippen LogP contribution in [0.1, 0.15) is 18.9 Å². The van der Waals surface area contributed by atoms with Gasteiger partial charge in [-0.1, -0.05) is 30.3 Å². The number of hydrogen-bond donors (Lipinski definition) is 3. The molecule has 0 saturated heterocycles. The molecule has 24 heavy (non-hydrogen) atoms. The summed E-state index contributed by atoms with van der Waals surface area (Å²) in [6.45, 7) is 1.62. The molecule has 0 saturated carbocycles. The first-order valence-corrected chi connectivity index (χ1v) is 8.89. The van der Waals surface area contributed by atoms with Crippen LogP contribution in [0.3, 0.4) is 0 Å². The number of nitrogens with one attached hydrogen (secondary N) is 2. The van der Waals surface area contributed by atoms with Gasteiger partial charge in [0.15, 0.2) is 0 Å². The van der Waals surface area contributed by atoms with Crippen LogP contribution in [0, 0.1) is 0 Å². The predicted octanol–water partition coefficient (Wildman–Crippen LogP) is 1.02. The Morgan fingerprint density at radius 1 is 1.21 bits per heavy atom. The zero-order valence-corrected chi connectivity index (χ0v) is 14.6. The number of rotatable bonds is 9. The van der Waals surface area contributed by atoms with E-state index in [-0.39, 0.29) is 6.61 Å². The zero-order valence-electron chi connectivity index (χ0n) is 13.8. The average molecular weight is 353 g/mol. The summed E-state index contributed by atoms with van der Waals surface area (Å²) in [6, 6.07) is 7.59. The minimum absolute atomic E-state index is 0.110. The molecule has 7 nitrogen and oxygen atoms in total. The molecule has 1 aromatic rings. The van der Waals surface area contributed by atoms with Crippen molar-refractivity contribution >= 4 is 29.7 Å². The number of hydrogen-bond acceptors (Lipinski definition) is 5. The van der Waals surface area contributed by atoms with Crippen molar-refractivity contribution in [2.24, 2.45) is 5.73 Å². The molecule has 0 heterocycles. The molecule has 1 aromatic carbocycles. The quantitative estimate of drug-likeness (QED) is 0.614. The second-order valence-electron chi connectivity index (χ2n) is 5.17. The average Bonchev–Trinajstić information content (AvgIpc) is 2.57. The molecular weight excluding hydrogens is 330 g/mol. The van der Waals surface area contributed by atoms with Gasteiger partial charge in [0, 0.05) is 0 Å². The number of thioether (sulfide) groups is 1. The summed E-state index contributed by atoms with van der Waals surface area (Å²) < 4.78 is 5.04. The highest BCUT2D eigenvalue weighted by molar-refractivity contribution is 7.98. The maximum Gasteiger partial charge on any atom is 0.408 e. The highest BCUT2D eigenvalue weighted by Gasteiger charge is 2.22. The summed E-state index contributed by atoms with van der Waals surface area (Å²) in [5.74, 6) is -0.401. The first-order valence-electron chi connectivity index (χ1n) is 7.50. The number of carbonyl (C=O) groups excluding carboxylic acids is 3. The number of amides is 3. The molecule has 0 fully saturated rings. The lowest BCUT2D eigenvalue weighted by Gasteiger charge is -2.19. The van der Waals surface area contributed by atoms with Gasteiger partial charge in [0.05, 0.1) is 0 Å². The standard InChI is InChI=1S/C16H23N3O4S/c1-11(15(21)19-13(14(17)20)8-9-24-2)18-16(22)23-10-12-6-4-3-5-7-12/h3-7,11,13H,8-10H2,1-2H3,(H2,17,20)(H,18,22)(H,19,21). The number of carbonyl (C=O) groups is 3. The Bertz CT molecular complexity index is 554. The molecule has 4 N–H and O–H groups in total. The summed E-state index contributed by atoms with van der Waals surface area (Å²) in [5, 5.41) is 4.95. The molecular formula is C16H23N3O4S. The number of nitrogens with two attached hydrogens (primary N) is 1. The second-order valence-corrected chi connectivity index (χ2v) is 6.16. The molecule has 0 bridgehead atoms. The smallest absolute Gasteiger partial charge is 0.408 e. The van der Waals surface area contributed by atoms with Gasteiger partial charge in [-0.3, -0.25) is 9.59 Å². The van der Waals surface area contributed by atoms with E-state index < -0.39 is 30.0 Å². The van der Waals surface area contributed by atoms with E-state index >= 15 is 0 Å². The van der Waals surface area contributed by atoms with Crippen molar-refractivity contribution in [1.29, 1.82) is 0 Å². The summed E-state index contributed by atoms with van der Waals surface area (Å²) in [6.07, 6.45) is 1.63. The Morgan fingerprint density at radius 2 is 1.88 bits per heavy atom. The van der Waals surface area contributed by atoms with Gasteiger partial charge in [-0.2, -0.15) is 11.8 Å². The van der Waals surface area contributed by atoms with Crippen molar-refractivity contribution in [2.75, 3.05) is 12.0 Å². The Labute approximate surface area is 145 Å². The van der Waals surface area contributed by atoms with Crippen molar-refractivity contribution in [2.45, 2.75) is 32.0 Å². The van der Waals surface area contributed by atoms with Crippen molar-refractivity contribution in [3.8, 4) is 0 Å². The van der Waals surface area contributed by atoms with E-state index in [1.807, 2.05) is 36.6 Å². The number of ether oxygens (including phenoxy) is 1. The normalized spacial score (nSPS) is 12.8. The van der Waals surface area contributed by atoms with Gasteiger partial charge in [-0.15, -0.1) is 0 Å². The third kappa shape index (κ3) is 7.36. The van der Waals surface area contributed by atoms with Crippen molar-refractivity contribution < 1.29 is 19.1 Å². The number of benzene rings is 1. The van der Waals surface area contributed by atoms with E-state index in [1.54, 1.807) is 11.8 Å². The highest BCUT2D eigenvalue weighted by atomic mass is 32.2. The molecule has 8 heteroatoms. The molecule has 1 rings (SSSR count). The lowest BCUT2D eigenvalue weighted by molar-refractivity contribution is -0.128. The van der Waals surface area contributed by atoms with E-state index in [4.69, 9.17) is 10.5 Å². The molecule has 0 aliphatic carbocycles. The van der Waals surface area contributed by atoms with E-state index in [9.17, 15) is 14.4 Å². The maximum absolute atomic E-state index is 12.0. The summed E-state index contributed by atoms with van der Waals surface area (Å²) >= 11 is 1.55. The van der Waals surface area contributed by atoms with Crippen LogP contribution in [-0.2, 0) is 20.9 Å². The van der Waals surface area contributed by atoms with E-state index in [0.717, 1.165) is 5.56 Å². The van der Waals surface area contributed by atoms with Gasteiger partial charge < -0.3 is 21.1 Å². The monoisotopic (exact) mass is 353 g/mol. The molecule has 0 aliphatic heterocycles. The lowest BCUT2D eigenvalue weighted by Crippen LogP contribution is -2.52. The summed E-state index contributed by atoms with van der Waals surface area (Å²) in [4.78, 5) is 35.1. The van der Waals surface area contributed by atoms with Crippen LogP contribution in [0.5, 0.6) is 0 Å². The van der Waals surface area contributed by atoms with E-state index in [2.05, 4.69) is 10.6 Å². The summed E-state index contributed by atoms with van der Waals surface area (Å²) in [7, 11) is 0. The number of primary amides is 1. The number of alkyl carbamates (subject to hydrolysis) is 1. The molecule has 0 aromatic heterocycles. The molecule has 0 spiro atoms. The van der Waals surface area contributed by atoms with Crippen LogP contribution < -0.4 is 16.4 Å². The molecule has 3 amide bonds. The first kappa shape index (κ1) is 19.8. The third-order valence-electron chi connectivity index (χ3n) is 3.21. The Hall–Kier alpha value is -2.22. The Morgan fingerprint density at radius 3 is 2.46 bits per heavy atom. The van der Waals surface area contributed by atoms with Gasteiger partial charge in [0.25, 0.3) is 0 Å². The van der Waals surface area contributed by atoms with Crippen LogP contribution in [0.15, 0.2) is 30.3 Å². The summed E-state index contributed by atoms with van der Waals surface area (Å²) in [5.41, 5.74) is 6.11. The van der Waals surface area contributed by atoms with Gasteiger partial charge >= 0.3 is 6.09 Å². The molecule has 132 valence electrons. The fraction of sp³-hybridized carbons (Fsp3) is 0.438. The minimum atomic E-state index is -0.843. The van der Waals surface area contributed by atoms with Gasteiger partial charge in [-0.25, -0.2) is 4.79 Å². The first-order chi connectivity index (χ1) is 11.4. The van der Waals surface area contributed by atoms with Crippen molar-refractivity contribution in [1.82, 2.24) is 10.6 Å². The maximum atomic E-state index is 12.0. The third-order valence-corrected chi connectivity index (χ3v) is 3.85. The highest BCUT2D eigenvalue weighted by Crippen LogP contribution is 2.02. The minimum Gasteiger partial charge on any atom is -0.445 e. The Kier molecular flexibility index (Phi) is 8.70. The van der Waals surface area contributed by atoms with Gasteiger partial charge in [0.1, 0.15) is 18.7 Å². The van der Waals surface area contributed by atoms with Gasteiger partial charge in [0.2, 0.25) is 11.8 Å². The van der Waals surface area contributed by atoms with Crippen LogP contribution in [0.25, 0.3) is 0 Å². The van der Waals surface area contributed by atoms with Gasteiger partial charge in [-0.05, 0) is 30.9 Å². The van der Waals surface area contributed by atoms with Crippen molar-refractivity contribution in [3.05, 3.63) is 35.9 Å². The van der Waals surface area contributed by atoms with Crippen LogP contribution in [0.2, 0.25) is 0 Å². The van der Waals surface area contributed by atoms with Crippen LogP contribution in [0.4, 0.5) is 4.79 Å². The topological polar surface area (TPSA) is 111 Å². The van der Waals surface area contributed by atoms with E-state index in [0.29, 0.717) is 12.2 Å². The fourth-order valence-corrected chi connectivity index (χ4v) is 2.30. The molecule has 2 unspecified atom stereocenters. The predicted molar refractivity (Wildman–Crippen MR) is 93.3 cm³/mol. The Balaban J connectivity index is 2.41. The SMILES string of the molecule is CSCCC(NC(=O)C(C)NC(=O)OCc1ccccc1)C(N)=O. The fourth-order valence-electron chi connectivity index (χ4n) is 1.83.